The molecule has 0 aliphatic carbocycles. The Bertz CT molecular complexity index is 998. The van der Waals surface area contributed by atoms with Crippen molar-refractivity contribution in [2.45, 2.75) is 6.42 Å². The average molecular weight is 430 g/mol. The molecule has 7 nitrogen and oxygen atoms in total. The zero-order valence-electron chi connectivity index (χ0n) is 14.9. The molecule has 29 heavy (non-hydrogen) atoms. The van der Waals surface area contributed by atoms with Gasteiger partial charge in [0.15, 0.2) is 0 Å². The van der Waals surface area contributed by atoms with E-state index in [1.807, 2.05) is 0 Å². The Hall–Kier alpha value is -3.11. The van der Waals surface area contributed by atoms with Crippen LogP contribution in [0.4, 0.5) is 4.39 Å². The van der Waals surface area contributed by atoms with Crippen LogP contribution in [0.5, 0.6) is 0 Å². The molecule has 1 saturated heterocycles. The molecule has 0 atom stereocenters. The second-order valence-corrected chi connectivity index (χ2v) is 7.52. The minimum Gasteiger partial charge on any atom is -0.292 e. The van der Waals surface area contributed by atoms with Gasteiger partial charge in [0.25, 0.3) is 11.8 Å². The van der Waals surface area contributed by atoms with Gasteiger partial charge in [0, 0.05) is 30.9 Å². The van der Waals surface area contributed by atoms with Crippen LogP contribution < -0.4 is 10.9 Å². The molecule has 2 heterocycles. The molecule has 148 valence electrons. The molecule has 2 aromatic rings. The van der Waals surface area contributed by atoms with Crippen molar-refractivity contribution >= 4 is 52.1 Å². The quantitative estimate of drug-likeness (QED) is 0.430. The third-order valence-corrected chi connectivity index (χ3v) is 5.24. The lowest BCUT2D eigenvalue weighted by molar-refractivity contribution is -0.124. The first kappa shape index (κ1) is 20.6. The van der Waals surface area contributed by atoms with Gasteiger partial charge >= 0.3 is 0 Å². The van der Waals surface area contributed by atoms with Crippen LogP contribution in [0.1, 0.15) is 22.3 Å². The van der Waals surface area contributed by atoms with Crippen molar-refractivity contribution < 1.29 is 18.8 Å². The number of hydrazine groups is 1. The number of rotatable bonds is 5. The Morgan fingerprint density at radius 1 is 1.21 bits per heavy atom. The molecule has 10 heteroatoms. The number of halogens is 1. The van der Waals surface area contributed by atoms with E-state index in [0.717, 1.165) is 11.8 Å². The van der Waals surface area contributed by atoms with Gasteiger partial charge in [-0.25, -0.2) is 4.39 Å². The molecule has 3 amide bonds. The first-order valence-corrected chi connectivity index (χ1v) is 9.67. The first-order valence-electron chi connectivity index (χ1n) is 8.45. The molecule has 2 N–H and O–H groups in total. The molecule has 0 spiro atoms. The summed E-state index contributed by atoms with van der Waals surface area (Å²) >= 11 is 6.24. The zero-order chi connectivity index (χ0) is 20.8. The van der Waals surface area contributed by atoms with Crippen LogP contribution in [0.3, 0.4) is 0 Å². The highest BCUT2D eigenvalue weighted by Crippen LogP contribution is 2.32. The summed E-state index contributed by atoms with van der Waals surface area (Å²) < 4.78 is 14.1. The summed E-state index contributed by atoms with van der Waals surface area (Å²) in [5.41, 5.74) is 5.12. The van der Waals surface area contributed by atoms with Crippen LogP contribution >= 0.6 is 24.0 Å². The van der Waals surface area contributed by atoms with E-state index in [1.165, 1.54) is 29.4 Å². The maximum Gasteiger partial charge on any atom is 0.271 e. The van der Waals surface area contributed by atoms with E-state index in [9.17, 15) is 18.8 Å². The summed E-state index contributed by atoms with van der Waals surface area (Å²) in [4.78, 5) is 41.7. The minimum atomic E-state index is -0.509. The number of nitrogens with zero attached hydrogens (tertiary/aromatic N) is 2. The van der Waals surface area contributed by atoms with E-state index < -0.39 is 23.5 Å². The number of hydrogen-bond donors (Lipinski definition) is 2. The predicted octanol–water partition coefficient (Wildman–Crippen LogP) is 2.27. The average Bonchev–Trinajstić information content (AvgIpc) is 2.99. The van der Waals surface area contributed by atoms with Gasteiger partial charge in [-0.2, -0.15) is 0 Å². The number of nitrogens with one attached hydrogen (secondary N) is 2. The molecule has 1 aromatic heterocycles. The van der Waals surface area contributed by atoms with Gasteiger partial charge in [0.05, 0.1) is 10.5 Å². The van der Waals surface area contributed by atoms with Crippen molar-refractivity contribution in [2.24, 2.45) is 0 Å². The molecule has 1 aliphatic heterocycles. The van der Waals surface area contributed by atoms with Gasteiger partial charge < -0.3 is 0 Å². The lowest BCUT2D eigenvalue weighted by Crippen LogP contribution is -2.43. The maximum absolute atomic E-state index is 13.8. The van der Waals surface area contributed by atoms with Crippen LogP contribution in [-0.4, -0.2) is 38.5 Å². The molecule has 0 bridgehead atoms. The number of carbonyl (C=O) groups excluding carboxylic acids is 3. The van der Waals surface area contributed by atoms with Crippen molar-refractivity contribution in [2.75, 3.05) is 6.54 Å². The number of pyridine rings is 1. The summed E-state index contributed by atoms with van der Waals surface area (Å²) in [6.45, 7) is 0.0356. The normalized spacial score (nSPS) is 14.9. The third kappa shape index (κ3) is 5.24. The fraction of sp³-hybridized carbons (Fsp3) is 0.105. The van der Waals surface area contributed by atoms with Gasteiger partial charge in [0.1, 0.15) is 10.1 Å². The summed E-state index contributed by atoms with van der Waals surface area (Å²) in [6.07, 6.45) is 4.25. The van der Waals surface area contributed by atoms with E-state index in [1.54, 1.807) is 30.3 Å². The highest BCUT2D eigenvalue weighted by atomic mass is 32.2. The van der Waals surface area contributed by atoms with Gasteiger partial charge in [-0.3, -0.25) is 35.1 Å². The molecule has 1 fully saturated rings. The summed E-state index contributed by atoms with van der Waals surface area (Å²) in [7, 11) is 0. The van der Waals surface area contributed by atoms with Gasteiger partial charge in [-0.05, 0) is 24.3 Å². The van der Waals surface area contributed by atoms with Crippen LogP contribution in [-0.2, 0) is 9.59 Å². The van der Waals surface area contributed by atoms with E-state index in [2.05, 4.69) is 15.8 Å². The predicted molar refractivity (Wildman–Crippen MR) is 111 cm³/mol. The molecular formula is C19H15FN4O3S2. The molecular weight excluding hydrogens is 415 g/mol. The van der Waals surface area contributed by atoms with Crippen LogP contribution in [0.2, 0.25) is 0 Å². The van der Waals surface area contributed by atoms with E-state index in [4.69, 9.17) is 12.2 Å². The number of amides is 3. The Morgan fingerprint density at radius 2 is 2.00 bits per heavy atom. The van der Waals surface area contributed by atoms with E-state index in [0.29, 0.717) is 5.56 Å². The minimum absolute atomic E-state index is 0.0356. The molecule has 0 radical (unpaired) electrons. The highest BCUT2D eigenvalue weighted by molar-refractivity contribution is 8.26. The fourth-order valence-electron chi connectivity index (χ4n) is 2.40. The number of benzene rings is 1. The molecule has 1 aromatic carbocycles. The van der Waals surface area contributed by atoms with Gasteiger partial charge in [0.2, 0.25) is 5.91 Å². The second kappa shape index (κ2) is 9.39. The Morgan fingerprint density at radius 3 is 2.72 bits per heavy atom. The monoisotopic (exact) mass is 430 g/mol. The van der Waals surface area contributed by atoms with Crippen molar-refractivity contribution in [1.29, 1.82) is 0 Å². The second-order valence-electron chi connectivity index (χ2n) is 5.85. The highest BCUT2D eigenvalue weighted by Gasteiger charge is 2.32. The number of hydrogen-bond acceptors (Lipinski definition) is 6. The smallest absolute Gasteiger partial charge is 0.271 e. The van der Waals surface area contributed by atoms with Crippen molar-refractivity contribution in [3.63, 3.8) is 0 Å². The molecule has 1 aliphatic rings. The lowest BCUT2D eigenvalue weighted by atomic mass is 10.2. The number of thiocarbonyl (C=S) groups is 1. The SMILES string of the molecule is O=C(CCN1C(=O)C(=Cc2ccccc2F)SC1=S)NNC(=O)c1cccnc1. The van der Waals surface area contributed by atoms with Crippen molar-refractivity contribution in [1.82, 2.24) is 20.7 Å². The Kier molecular flexibility index (Phi) is 6.68. The molecule has 0 unspecified atom stereocenters. The summed E-state index contributed by atoms with van der Waals surface area (Å²) in [5, 5.41) is 0. The van der Waals surface area contributed by atoms with Gasteiger partial charge in [-0.15, -0.1) is 0 Å². The maximum atomic E-state index is 13.8. The third-order valence-electron chi connectivity index (χ3n) is 3.87. The number of carbonyl (C=O) groups is 3. The Labute approximate surface area is 175 Å². The lowest BCUT2D eigenvalue weighted by Gasteiger charge is -2.14. The largest absolute Gasteiger partial charge is 0.292 e. The standard InChI is InChI=1S/C19H15FN4O3S2/c20-14-6-2-1-4-12(14)10-15-18(27)24(19(28)29-15)9-7-16(25)22-23-17(26)13-5-3-8-21-11-13/h1-6,8,10-11H,7,9H2,(H,22,25)(H,23,26). The first-order chi connectivity index (χ1) is 14.0. The number of aromatic nitrogens is 1. The Balaban J connectivity index is 1.53. The topological polar surface area (TPSA) is 91.4 Å². The zero-order valence-corrected chi connectivity index (χ0v) is 16.6. The van der Waals surface area contributed by atoms with Crippen molar-refractivity contribution in [3.8, 4) is 0 Å². The molecule has 3 rings (SSSR count). The van der Waals surface area contributed by atoms with E-state index in [-0.39, 0.29) is 27.8 Å². The summed E-state index contributed by atoms with van der Waals surface area (Å²) in [5.74, 6) is -1.84. The summed E-state index contributed by atoms with van der Waals surface area (Å²) in [6, 6.07) is 9.23. The van der Waals surface area contributed by atoms with Gasteiger partial charge in [-0.1, -0.05) is 42.2 Å². The van der Waals surface area contributed by atoms with Crippen molar-refractivity contribution in [3.05, 3.63) is 70.6 Å². The van der Waals surface area contributed by atoms with Crippen LogP contribution in [0.25, 0.3) is 6.08 Å². The van der Waals surface area contributed by atoms with Crippen LogP contribution in [0.15, 0.2) is 53.7 Å². The van der Waals surface area contributed by atoms with E-state index >= 15 is 0 Å². The molecule has 0 saturated carbocycles. The van der Waals surface area contributed by atoms with Crippen LogP contribution in [0, 0.1) is 5.82 Å². The fourth-order valence-corrected chi connectivity index (χ4v) is 3.70. The number of thioether (sulfide) groups is 1.